The zero-order chi connectivity index (χ0) is 11.8. The fraction of sp³-hybridized carbons (Fsp3) is 0.833. The molecule has 4 heteroatoms. The lowest BCUT2D eigenvalue weighted by Crippen LogP contribution is -2.57. The lowest BCUT2D eigenvalue weighted by molar-refractivity contribution is -0.128. The Morgan fingerprint density at radius 2 is 2.00 bits per heavy atom. The summed E-state index contributed by atoms with van der Waals surface area (Å²) in [4.78, 5) is 23.5. The third-order valence-electron chi connectivity index (χ3n) is 4.31. The number of hydrogen-bond acceptors (Lipinski definition) is 2. The minimum absolute atomic E-state index is 0.112. The monoisotopic (exact) mass is 224 g/mol. The second-order valence-electron chi connectivity index (χ2n) is 5.07. The molecule has 0 radical (unpaired) electrons. The van der Waals surface area contributed by atoms with Crippen LogP contribution in [0.25, 0.3) is 0 Å². The molecule has 0 aromatic heterocycles. The summed E-state index contributed by atoms with van der Waals surface area (Å²) in [6, 6.07) is -0.322. The highest BCUT2D eigenvalue weighted by Gasteiger charge is 2.54. The molecule has 16 heavy (non-hydrogen) atoms. The molecular formula is C12H20N2O2. The van der Waals surface area contributed by atoms with E-state index < -0.39 is 5.54 Å². The maximum absolute atomic E-state index is 12.1. The summed E-state index contributed by atoms with van der Waals surface area (Å²) in [6.45, 7) is 4.13. The number of amides is 3. The first kappa shape index (κ1) is 11.4. The summed E-state index contributed by atoms with van der Waals surface area (Å²) < 4.78 is 0. The lowest BCUT2D eigenvalue weighted by atomic mass is 9.72. The van der Waals surface area contributed by atoms with Gasteiger partial charge in [-0.1, -0.05) is 33.1 Å². The van der Waals surface area contributed by atoms with Crippen LogP contribution in [-0.2, 0) is 4.79 Å². The van der Waals surface area contributed by atoms with Crippen LogP contribution in [-0.4, -0.2) is 17.5 Å². The Labute approximate surface area is 96.2 Å². The average Bonchev–Trinajstić information content (AvgIpc) is 2.85. The van der Waals surface area contributed by atoms with Gasteiger partial charge in [-0.15, -0.1) is 0 Å². The van der Waals surface area contributed by atoms with Crippen molar-refractivity contribution in [2.24, 2.45) is 11.8 Å². The van der Waals surface area contributed by atoms with Crippen molar-refractivity contribution in [2.45, 2.75) is 51.5 Å². The van der Waals surface area contributed by atoms with Gasteiger partial charge in [-0.05, 0) is 24.7 Å². The van der Waals surface area contributed by atoms with Crippen molar-refractivity contribution in [3.63, 3.8) is 0 Å². The van der Waals surface area contributed by atoms with E-state index in [1.54, 1.807) is 0 Å². The molecule has 1 aliphatic carbocycles. The van der Waals surface area contributed by atoms with E-state index in [0.717, 1.165) is 19.3 Å². The predicted octanol–water partition coefficient (Wildman–Crippen LogP) is 1.80. The van der Waals surface area contributed by atoms with Crippen LogP contribution >= 0.6 is 0 Å². The van der Waals surface area contributed by atoms with E-state index in [0.29, 0.717) is 5.92 Å². The van der Waals surface area contributed by atoms with Gasteiger partial charge in [0.05, 0.1) is 0 Å². The lowest BCUT2D eigenvalue weighted by Gasteiger charge is -2.37. The molecule has 1 heterocycles. The molecule has 0 bridgehead atoms. The van der Waals surface area contributed by atoms with E-state index in [9.17, 15) is 9.59 Å². The normalized spacial score (nSPS) is 32.6. The Morgan fingerprint density at radius 3 is 2.44 bits per heavy atom. The summed E-state index contributed by atoms with van der Waals surface area (Å²) >= 11 is 0. The van der Waals surface area contributed by atoms with Gasteiger partial charge in [-0.3, -0.25) is 10.1 Å². The Hall–Kier alpha value is -1.06. The van der Waals surface area contributed by atoms with E-state index in [4.69, 9.17) is 0 Å². The molecule has 1 saturated carbocycles. The van der Waals surface area contributed by atoms with E-state index >= 15 is 0 Å². The van der Waals surface area contributed by atoms with Crippen LogP contribution in [0.1, 0.15) is 46.0 Å². The van der Waals surface area contributed by atoms with Crippen molar-refractivity contribution < 1.29 is 9.59 Å². The standard InChI is InChI=1S/C12H20N2O2/c1-3-8(2)12(9-6-4-5-7-9)10(15)13-11(16)14-12/h8-9H,3-7H2,1-2H3,(H2,13,14,15,16). The third kappa shape index (κ3) is 1.51. The van der Waals surface area contributed by atoms with Crippen molar-refractivity contribution in [2.75, 3.05) is 0 Å². The SMILES string of the molecule is CCC(C)C1(C2CCCC2)NC(=O)NC1=O. The summed E-state index contributed by atoms with van der Waals surface area (Å²) in [5.74, 6) is 0.398. The zero-order valence-electron chi connectivity index (χ0n) is 10.0. The van der Waals surface area contributed by atoms with E-state index in [-0.39, 0.29) is 17.9 Å². The Morgan fingerprint density at radius 1 is 1.38 bits per heavy atom. The van der Waals surface area contributed by atoms with E-state index in [1.807, 2.05) is 0 Å². The highest BCUT2D eigenvalue weighted by molar-refractivity contribution is 6.07. The van der Waals surface area contributed by atoms with Crippen LogP contribution in [0.15, 0.2) is 0 Å². The average molecular weight is 224 g/mol. The van der Waals surface area contributed by atoms with Gasteiger partial charge < -0.3 is 5.32 Å². The Bertz CT molecular complexity index is 310. The van der Waals surface area contributed by atoms with Gasteiger partial charge in [0.25, 0.3) is 5.91 Å². The number of imide groups is 1. The molecule has 2 fully saturated rings. The fourth-order valence-electron chi connectivity index (χ4n) is 3.22. The summed E-state index contributed by atoms with van der Waals surface area (Å²) in [6.07, 6.45) is 5.36. The quantitative estimate of drug-likeness (QED) is 0.718. The molecule has 2 rings (SSSR count). The highest BCUT2D eigenvalue weighted by atomic mass is 16.2. The number of carbonyl (C=O) groups is 2. The first-order valence-electron chi connectivity index (χ1n) is 6.24. The number of rotatable bonds is 3. The molecule has 0 aromatic rings. The second kappa shape index (κ2) is 4.07. The van der Waals surface area contributed by atoms with Gasteiger partial charge in [0.1, 0.15) is 5.54 Å². The minimum atomic E-state index is -0.637. The van der Waals surface area contributed by atoms with Crippen molar-refractivity contribution in [1.82, 2.24) is 10.6 Å². The molecule has 90 valence electrons. The molecule has 2 N–H and O–H groups in total. The molecule has 2 unspecified atom stereocenters. The summed E-state index contributed by atoms with van der Waals surface area (Å²) in [7, 11) is 0. The van der Waals surface area contributed by atoms with Crippen molar-refractivity contribution >= 4 is 11.9 Å². The van der Waals surface area contributed by atoms with Gasteiger partial charge in [-0.2, -0.15) is 0 Å². The van der Waals surface area contributed by atoms with E-state index in [1.165, 1.54) is 12.8 Å². The topological polar surface area (TPSA) is 58.2 Å². The number of carbonyl (C=O) groups excluding carboxylic acids is 2. The smallest absolute Gasteiger partial charge is 0.322 e. The molecule has 0 aromatic carbocycles. The Balaban J connectivity index is 2.31. The van der Waals surface area contributed by atoms with Gasteiger partial charge in [-0.25, -0.2) is 4.79 Å². The molecule has 2 aliphatic rings. The van der Waals surface area contributed by atoms with Crippen LogP contribution in [0.2, 0.25) is 0 Å². The molecular weight excluding hydrogens is 204 g/mol. The van der Waals surface area contributed by atoms with Crippen molar-refractivity contribution in [3.8, 4) is 0 Å². The molecule has 1 aliphatic heterocycles. The maximum Gasteiger partial charge on any atom is 0.322 e. The number of urea groups is 1. The zero-order valence-corrected chi connectivity index (χ0v) is 10.0. The number of hydrogen-bond donors (Lipinski definition) is 2. The maximum atomic E-state index is 12.1. The van der Waals surface area contributed by atoms with E-state index in [2.05, 4.69) is 24.5 Å². The largest absolute Gasteiger partial charge is 0.323 e. The molecule has 1 saturated heterocycles. The number of nitrogens with one attached hydrogen (secondary N) is 2. The van der Waals surface area contributed by atoms with Crippen LogP contribution in [0, 0.1) is 11.8 Å². The van der Waals surface area contributed by atoms with Crippen LogP contribution < -0.4 is 10.6 Å². The Kier molecular flexibility index (Phi) is 2.91. The molecule has 4 nitrogen and oxygen atoms in total. The van der Waals surface area contributed by atoms with Crippen molar-refractivity contribution in [3.05, 3.63) is 0 Å². The predicted molar refractivity (Wildman–Crippen MR) is 60.8 cm³/mol. The highest BCUT2D eigenvalue weighted by Crippen LogP contribution is 2.41. The van der Waals surface area contributed by atoms with Crippen LogP contribution in [0.4, 0.5) is 4.79 Å². The van der Waals surface area contributed by atoms with Crippen molar-refractivity contribution in [1.29, 1.82) is 0 Å². The van der Waals surface area contributed by atoms with Crippen LogP contribution in [0.5, 0.6) is 0 Å². The third-order valence-corrected chi connectivity index (χ3v) is 4.31. The first-order chi connectivity index (χ1) is 7.61. The van der Waals surface area contributed by atoms with Gasteiger partial charge in [0.15, 0.2) is 0 Å². The summed E-state index contributed by atoms with van der Waals surface area (Å²) in [5, 5.41) is 5.32. The molecule has 3 amide bonds. The van der Waals surface area contributed by atoms with Crippen LogP contribution in [0.3, 0.4) is 0 Å². The molecule has 2 atom stereocenters. The second-order valence-corrected chi connectivity index (χ2v) is 5.07. The summed E-state index contributed by atoms with van der Waals surface area (Å²) in [5.41, 5.74) is -0.637. The minimum Gasteiger partial charge on any atom is -0.323 e. The first-order valence-corrected chi connectivity index (χ1v) is 6.24. The van der Waals surface area contributed by atoms with Gasteiger partial charge in [0, 0.05) is 0 Å². The fourth-order valence-corrected chi connectivity index (χ4v) is 3.22. The van der Waals surface area contributed by atoms with Gasteiger partial charge in [0.2, 0.25) is 0 Å². The molecule has 0 spiro atoms. The van der Waals surface area contributed by atoms with Gasteiger partial charge >= 0.3 is 6.03 Å².